The van der Waals surface area contributed by atoms with Gasteiger partial charge in [0.25, 0.3) is 0 Å². The van der Waals surface area contributed by atoms with Gasteiger partial charge in [0.15, 0.2) is 0 Å². The molecule has 8 aromatic rings. The second kappa shape index (κ2) is 19.7. The van der Waals surface area contributed by atoms with Crippen LogP contribution in [0.3, 0.4) is 0 Å². The molecule has 0 saturated heterocycles. The zero-order valence-electron chi connectivity index (χ0n) is 31.1. The molecular formula is C49H40Ar2N2O3. The van der Waals surface area contributed by atoms with Gasteiger partial charge in [0.2, 0.25) is 0 Å². The van der Waals surface area contributed by atoms with E-state index in [1.54, 1.807) is 6.20 Å². The Morgan fingerprint density at radius 3 is 0.982 bits per heavy atom. The van der Waals surface area contributed by atoms with Crippen LogP contribution in [0.15, 0.2) is 182 Å². The van der Waals surface area contributed by atoms with Crippen molar-refractivity contribution in [1.82, 2.24) is 9.55 Å². The van der Waals surface area contributed by atoms with Gasteiger partial charge < -0.3 is 18.8 Å². The maximum absolute atomic E-state index is 6.17. The molecule has 0 N–H and O–H groups in total. The van der Waals surface area contributed by atoms with Crippen LogP contribution in [0.5, 0.6) is 34.5 Å². The molecule has 0 atom stereocenters. The summed E-state index contributed by atoms with van der Waals surface area (Å²) in [5.74, 6) is 5.74. The average Bonchev–Trinajstić information content (AvgIpc) is 3.64. The van der Waals surface area contributed by atoms with Gasteiger partial charge in [-0.3, -0.25) is 0 Å². The first-order valence-electron chi connectivity index (χ1n) is 18.1. The fraction of sp³-hybridized carbons (Fsp3) is 0.0816. The second-order valence-electron chi connectivity index (χ2n) is 13.5. The van der Waals surface area contributed by atoms with E-state index in [0.29, 0.717) is 0 Å². The quantitative estimate of drug-likeness (QED) is 0.124. The summed E-state index contributed by atoms with van der Waals surface area (Å²) in [7, 11) is 1.99. The Kier molecular flexibility index (Phi) is 14.5. The Labute approximate surface area is 389 Å². The Bertz CT molecular complexity index is 2430. The molecule has 7 heteroatoms. The monoisotopic (exact) mass is 784 g/mol. The van der Waals surface area contributed by atoms with Gasteiger partial charge in [-0.2, -0.15) is 0 Å². The minimum Gasteiger partial charge on any atom is -0.457 e. The van der Waals surface area contributed by atoms with Crippen molar-refractivity contribution >= 4 is 0 Å². The summed E-state index contributed by atoms with van der Waals surface area (Å²) in [6.45, 7) is 2.11. The van der Waals surface area contributed by atoms with Gasteiger partial charge >= 0.3 is 0 Å². The zero-order valence-corrected chi connectivity index (χ0v) is 32.5. The van der Waals surface area contributed by atoms with Crippen LogP contribution in [0.25, 0.3) is 22.5 Å². The summed E-state index contributed by atoms with van der Waals surface area (Å²) in [5, 5.41) is 0. The number of ether oxygens (including phenoxy) is 3. The molecular weight excluding hydrogens is 744 g/mol. The maximum atomic E-state index is 6.17. The third kappa shape index (κ3) is 10.9. The minimum absolute atomic E-state index is 0. The molecule has 1 heterocycles. The van der Waals surface area contributed by atoms with Gasteiger partial charge in [-0.25, -0.2) is 4.98 Å². The predicted molar refractivity (Wildman–Crippen MR) is 217 cm³/mol. The smallest absolute Gasteiger partial charge is 0.139 e. The van der Waals surface area contributed by atoms with E-state index in [4.69, 9.17) is 14.2 Å². The summed E-state index contributed by atoms with van der Waals surface area (Å²) in [6.07, 6.45) is 5.47. The van der Waals surface area contributed by atoms with Crippen molar-refractivity contribution in [3.63, 3.8) is 0 Å². The molecule has 0 aliphatic rings. The Hall–Kier alpha value is -4.33. The van der Waals surface area contributed by atoms with E-state index < -0.39 is 0 Å². The van der Waals surface area contributed by atoms with E-state index in [0.717, 1.165) is 69.9 Å². The fourth-order valence-corrected chi connectivity index (χ4v) is 6.36. The largest absolute Gasteiger partial charge is 0.457 e. The third-order valence-electron chi connectivity index (χ3n) is 9.39. The van der Waals surface area contributed by atoms with Crippen LogP contribution in [0, 0.1) is 82.4 Å². The molecule has 7 aromatic carbocycles. The predicted octanol–water partition coefficient (Wildman–Crippen LogP) is 12.6. The number of imidazole rings is 1. The van der Waals surface area contributed by atoms with Crippen LogP contribution < -0.4 is 14.2 Å². The minimum atomic E-state index is 0. The molecule has 0 radical (unpaired) electrons. The summed E-state index contributed by atoms with van der Waals surface area (Å²) in [5.41, 5.74) is 9.54. The van der Waals surface area contributed by atoms with E-state index in [1.165, 1.54) is 27.8 Å². The summed E-state index contributed by atoms with van der Waals surface area (Å²) >= 11 is 0. The summed E-state index contributed by atoms with van der Waals surface area (Å²) in [6, 6.07) is 57.9. The molecule has 0 saturated carbocycles. The second-order valence-corrected chi connectivity index (χ2v) is 13.5. The average molecular weight is 785 g/mol. The summed E-state index contributed by atoms with van der Waals surface area (Å²) < 4.78 is 20.4. The molecule has 0 aliphatic heterocycles. The van der Waals surface area contributed by atoms with Gasteiger partial charge in [-0.1, -0.05) is 90.5 Å². The molecule has 0 spiro atoms. The Morgan fingerprint density at radius 1 is 0.393 bits per heavy atom. The fourth-order valence-electron chi connectivity index (χ4n) is 6.36. The van der Waals surface area contributed by atoms with Gasteiger partial charge in [0, 0.05) is 100 Å². The van der Waals surface area contributed by atoms with Crippen LogP contribution in [0.4, 0.5) is 0 Å². The van der Waals surface area contributed by atoms with Crippen LogP contribution in [-0.2, 0) is 19.9 Å². The zero-order chi connectivity index (χ0) is 36.7. The van der Waals surface area contributed by atoms with E-state index in [2.05, 4.69) is 96.8 Å². The number of hydrogen-bond donors (Lipinski definition) is 0. The third-order valence-corrected chi connectivity index (χ3v) is 9.39. The van der Waals surface area contributed by atoms with Crippen molar-refractivity contribution in [3.8, 4) is 57.0 Å². The Morgan fingerprint density at radius 2 is 0.679 bits per heavy atom. The van der Waals surface area contributed by atoms with Crippen molar-refractivity contribution in [1.29, 1.82) is 0 Å². The van der Waals surface area contributed by atoms with Crippen LogP contribution >= 0.6 is 0 Å². The van der Waals surface area contributed by atoms with E-state index in [1.807, 2.05) is 103 Å². The van der Waals surface area contributed by atoms with Crippen molar-refractivity contribution in [3.05, 3.63) is 210 Å². The van der Waals surface area contributed by atoms with Crippen molar-refractivity contribution in [2.75, 3.05) is 0 Å². The Balaban J connectivity index is 0.00000266. The first-order valence-corrected chi connectivity index (χ1v) is 18.1. The first kappa shape index (κ1) is 41.3. The van der Waals surface area contributed by atoms with Crippen molar-refractivity contribution in [2.45, 2.75) is 19.8 Å². The number of nitrogens with zero attached hydrogens (tertiary/aromatic N) is 2. The molecule has 1 aromatic heterocycles. The van der Waals surface area contributed by atoms with E-state index in [-0.39, 0.29) is 75.5 Å². The molecule has 56 heavy (non-hydrogen) atoms. The van der Waals surface area contributed by atoms with Gasteiger partial charge in [0.1, 0.15) is 40.3 Å². The number of aromatic nitrogens is 2. The van der Waals surface area contributed by atoms with E-state index in [9.17, 15) is 0 Å². The molecule has 8 rings (SSSR count). The van der Waals surface area contributed by atoms with Crippen molar-refractivity contribution < 1.29 is 89.7 Å². The first-order chi connectivity index (χ1) is 26.5. The standard InChI is InChI=1S/C49H40N2O3.2Ar/c1-35-3-5-36(6-4-35)33-37-7-19-43(20-8-37)52-46-25-13-40(14-26-46)41-15-27-47(28-16-41)53-44-21-9-38(10-22-44)34-39-11-23-45(24-12-39)54-48-29-17-42(18-30-48)49-50-31-32-51(49)2;;/h3-32H,33-34H2,1-2H3;;. The van der Waals surface area contributed by atoms with Gasteiger partial charge in [-0.15, -0.1) is 0 Å². The molecule has 0 fully saturated rings. The number of aryl methyl sites for hydroxylation is 2. The number of rotatable bonds is 12. The molecule has 0 bridgehead atoms. The van der Waals surface area contributed by atoms with Crippen LogP contribution in [0.2, 0.25) is 0 Å². The van der Waals surface area contributed by atoms with Crippen molar-refractivity contribution in [2.24, 2.45) is 7.05 Å². The molecule has 5 nitrogen and oxygen atoms in total. The van der Waals surface area contributed by atoms with Gasteiger partial charge in [0.05, 0.1) is 0 Å². The van der Waals surface area contributed by atoms with Crippen LogP contribution in [0.1, 0.15) is 27.8 Å². The molecule has 280 valence electrons. The molecule has 0 unspecified atom stereocenters. The van der Waals surface area contributed by atoms with Gasteiger partial charge in [-0.05, 0) is 138 Å². The van der Waals surface area contributed by atoms with Crippen LogP contribution in [-0.4, -0.2) is 9.55 Å². The topological polar surface area (TPSA) is 45.5 Å². The maximum Gasteiger partial charge on any atom is 0.139 e. The number of benzene rings is 7. The summed E-state index contributed by atoms with van der Waals surface area (Å²) in [4.78, 5) is 4.41. The molecule has 0 aliphatic carbocycles. The SMILES string of the molecule is Cc1ccc(Cc2ccc(Oc3ccc(-c4ccc(Oc5ccc(Cc6ccc(Oc7ccc(-c8nccn8C)cc7)cc6)cc5)cc4)cc3)cc2)cc1.[Ar].[Ar]. The molecule has 0 amide bonds. The van der Waals surface area contributed by atoms with E-state index >= 15 is 0 Å². The number of hydrogen-bond acceptors (Lipinski definition) is 4. The normalized spacial score (nSPS) is 10.5.